The number of anilines is 2. The molecular formula is C10H16N4O2. The van der Waals surface area contributed by atoms with Crippen molar-refractivity contribution in [3.8, 4) is 0 Å². The molecule has 1 saturated heterocycles. The predicted molar refractivity (Wildman–Crippen MR) is 60.6 cm³/mol. The summed E-state index contributed by atoms with van der Waals surface area (Å²) in [4.78, 5) is 10.5. The molecule has 1 aliphatic heterocycles. The van der Waals surface area contributed by atoms with Crippen LogP contribution in [0.5, 0.6) is 0 Å². The molecule has 2 rings (SSSR count). The molecule has 1 aliphatic rings. The number of hydrogen-bond acceptors (Lipinski definition) is 6. The highest BCUT2D eigenvalue weighted by Gasteiger charge is 2.23. The molecule has 1 aromatic rings. The van der Waals surface area contributed by atoms with Gasteiger partial charge < -0.3 is 20.1 Å². The Balaban J connectivity index is 2.20. The van der Waals surface area contributed by atoms with Crippen LogP contribution in [0.4, 0.5) is 11.8 Å². The van der Waals surface area contributed by atoms with Gasteiger partial charge in [0, 0.05) is 19.8 Å². The molecule has 0 amide bonds. The molecule has 1 unspecified atom stereocenters. The average Bonchev–Trinajstić information content (AvgIpc) is 2.38. The normalized spacial score (nSPS) is 20.9. The lowest BCUT2D eigenvalue weighted by Crippen LogP contribution is -2.48. The van der Waals surface area contributed by atoms with Gasteiger partial charge in [-0.25, -0.2) is 4.98 Å². The highest BCUT2D eigenvalue weighted by Crippen LogP contribution is 2.17. The largest absolute Gasteiger partial charge is 0.394 e. The van der Waals surface area contributed by atoms with E-state index in [-0.39, 0.29) is 12.6 Å². The molecule has 0 aromatic carbocycles. The summed E-state index contributed by atoms with van der Waals surface area (Å²) in [5.41, 5.74) is 0. The number of ether oxygens (including phenoxy) is 1. The zero-order chi connectivity index (χ0) is 11.4. The minimum atomic E-state index is -0.0200. The first-order valence-corrected chi connectivity index (χ1v) is 5.31. The van der Waals surface area contributed by atoms with Gasteiger partial charge in [-0.15, -0.1) is 0 Å². The summed E-state index contributed by atoms with van der Waals surface area (Å²) >= 11 is 0. The van der Waals surface area contributed by atoms with E-state index in [4.69, 9.17) is 4.74 Å². The summed E-state index contributed by atoms with van der Waals surface area (Å²) in [7, 11) is 1.78. The standard InChI is InChI=1S/C10H16N4O2/c1-11-10-12-3-2-9(13-10)14-4-5-16-7-8(14)6-15/h2-3,8,15H,4-7H2,1H3,(H,11,12,13). The SMILES string of the molecule is CNc1nccc(N2CCOCC2CO)n1. The smallest absolute Gasteiger partial charge is 0.224 e. The number of nitrogens with one attached hydrogen (secondary N) is 1. The molecule has 0 radical (unpaired) electrons. The maximum atomic E-state index is 9.27. The highest BCUT2D eigenvalue weighted by molar-refractivity contribution is 5.43. The second kappa shape index (κ2) is 5.09. The Morgan fingerprint density at radius 2 is 2.56 bits per heavy atom. The van der Waals surface area contributed by atoms with Crippen molar-refractivity contribution in [2.75, 3.05) is 43.6 Å². The molecule has 1 atom stereocenters. The van der Waals surface area contributed by atoms with Crippen molar-refractivity contribution in [1.29, 1.82) is 0 Å². The number of hydrogen-bond donors (Lipinski definition) is 2. The molecule has 0 bridgehead atoms. The van der Waals surface area contributed by atoms with Gasteiger partial charge in [0.25, 0.3) is 0 Å². The van der Waals surface area contributed by atoms with Crippen molar-refractivity contribution >= 4 is 11.8 Å². The fourth-order valence-corrected chi connectivity index (χ4v) is 1.74. The molecule has 6 heteroatoms. The Morgan fingerprint density at radius 3 is 3.31 bits per heavy atom. The average molecular weight is 224 g/mol. The molecule has 0 spiro atoms. The van der Waals surface area contributed by atoms with Crippen LogP contribution < -0.4 is 10.2 Å². The van der Waals surface area contributed by atoms with E-state index in [9.17, 15) is 5.11 Å². The minimum absolute atomic E-state index is 0.0200. The maximum absolute atomic E-state index is 9.27. The van der Waals surface area contributed by atoms with Gasteiger partial charge in [-0.2, -0.15) is 4.98 Å². The fraction of sp³-hybridized carbons (Fsp3) is 0.600. The summed E-state index contributed by atoms with van der Waals surface area (Å²) in [6.07, 6.45) is 1.71. The number of morpholine rings is 1. The summed E-state index contributed by atoms with van der Waals surface area (Å²) < 4.78 is 5.32. The first kappa shape index (κ1) is 11.1. The molecule has 6 nitrogen and oxygen atoms in total. The first-order chi connectivity index (χ1) is 7.85. The van der Waals surface area contributed by atoms with Crippen molar-refractivity contribution < 1.29 is 9.84 Å². The third-order valence-corrected chi connectivity index (χ3v) is 2.60. The van der Waals surface area contributed by atoms with Crippen molar-refractivity contribution in [2.24, 2.45) is 0 Å². The minimum Gasteiger partial charge on any atom is -0.394 e. The predicted octanol–water partition coefficient (Wildman–Crippen LogP) is -0.284. The van der Waals surface area contributed by atoms with Crippen LogP contribution in [0.2, 0.25) is 0 Å². The van der Waals surface area contributed by atoms with Gasteiger partial charge in [-0.1, -0.05) is 0 Å². The number of nitrogens with zero attached hydrogens (tertiary/aromatic N) is 3. The lowest BCUT2D eigenvalue weighted by Gasteiger charge is -2.35. The molecule has 1 aromatic heterocycles. The van der Waals surface area contributed by atoms with E-state index in [0.29, 0.717) is 19.2 Å². The second-order valence-corrected chi connectivity index (χ2v) is 3.59. The summed E-state index contributed by atoms with van der Waals surface area (Å²) in [6.45, 7) is 2.01. The molecule has 2 heterocycles. The summed E-state index contributed by atoms with van der Waals surface area (Å²) in [5.74, 6) is 1.40. The van der Waals surface area contributed by atoms with Crippen LogP contribution in [0.3, 0.4) is 0 Å². The molecule has 0 aliphatic carbocycles. The Hall–Kier alpha value is -1.40. The Morgan fingerprint density at radius 1 is 1.69 bits per heavy atom. The zero-order valence-corrected chi connectivity index (χ0v) is 9.26. The second-order valence-electron chi connectivity index (χ2n) is 3.59. The van der Waals surface area contributed by atoms with E-state index < -0.39 is 0 Å². The van der Waals surface area contributed by atoms with E-state index >= 15 is 0 Å². The number of rotatable bonds is 3. The van der Waals surface area contributed by atoms with Crippen LogP contribution in [-0.2, 0) is 4.74 Å². The van der Waals surface area contributed by atoms with Crippen LogP contribution in [0, 0.1) is 0 Å². The number of aliphatic hydroxyl groups is 1. The zero-order valence-electron chi connectivity index (χ0n) is 9.26. The van der Waals surface area contributed by atoms with Gasteiger partial charge in [0.2, 0.25) is 5.95 Å². The Bertz CT molecular complexity index is 347. The van der Waals surface area contributed by atoms with Crippen LogP contribution in [0.25, 0.3) is 0 Å². The van der Waals surface area contributed by atoms with E-state index in [0.717, 1.165) is 12.4 Å². The van der Waals surface area contributed by atoms with Gasteiger partial charge in [0.1, 0.15) is 5.82 Å². The topological polar surface area (TPSA) is 70.5 Å². The van der Waals surface area contributed by atoms with Gasteiger partial charge in [-0.3, -0.25) is 0 Å². The van der Waals surface area contributed by atoms with Gasteiger partial charge in [-0.05, 0) is 6.07 Å². The van der Waals surface area contributed by atoms with Crippen molar-refractivity contribution in [3.05, 3.63) is 12.3 Å². The van der Waals surface area contributed by atoms with Crippen LogP contribution >= 0.6 is 0 Å². The molecule has 1 fully saturated rings. The third kappa shape index (κ3) is 2.23. The molecule has 2 N–H and O–H groups in total. The van der Waals surface area contributed by atoms with Crippen LogP contribution in [-0.4, -0.2) is 54.5 Å². The van der Waals surface area contributed by atoms with Gasteiger partial charge >= 0.3 is 0 Å². The van der Waals surface area contributed by atoms with E-state index in [1.807, 2.05) is 11.0 Å². The Kier molecular flexibility index (Phi) is 3.53. The summed E-state index contributed by atoms with van der Waals surface area (Å²) in [6, 6.07) is 1.82. The fourth-order valence-electron chi connectivity index (χ4n) is 1.74. The lowest BCUT2D eigenvalue weighted by atomic mass is 10.2. The first-order valence-electron chi connectivity index (χ1n) is 5.31. The van der Waals surface area contributed by atoms with Crippen molar-refractivity contribution in [1.82, 2.24) is 9.97 Å². The number of aromatic nitrogens is 2. The van der Waals surface area contributed by atoms with Crippen molar-refractivity contribution in [2.45, 2.75) is 6.04 Å². The van der Waals surface area contributed by atoms with E-state index in [1.165, 1.54) is 0 Å². The third-order valence-electron chi connectivity index (χ3n) is 2.60. The van der Waals surface area contributed by atoms with Crippen LogP contribution in [0.15, 0.2) is 12.3 Å². The maximum Gasteiger partial charge on any atom is 0.224 e. The monoisotopic (exact) mass is 224 g/mol. The molecular weight excluding hydrogens is 208 g/mol. The molecule has 16 heavy (non-hydrogen) atoms. The quantitative estimate of drug-likeness (QED) is 0.735. The van der Waals surface area contributed by atoms with E-state index in [1.54, 1.807) is 13.2 Å². The highest BCUT2D eigenvalue weighted by atomic mass is 16.5. The van der Waals surface area contributed by atoms with Gasteiger partial charge in [0.05, 0.1) is 25.9 Å². The van der Waals surface area contributed by atoms with Gasteiger partial charge in [0.15, 0.2) is 0 Å². The lowest BCUT2D eigenvalue weighted by molar-refractivity contribution is 0.0723. The van der Waals surface area contributed by atoms with Crippen LogP contribution in [0.1, 0.15) is 0 Å². The number of aliphatic hydroxyl groups excluding tert-OH is 1. The molecule has 88 valence electrons. The summed E-state index contributed by atoms with van der Waals surface area (Å²) in [5, 5.41) is 12.2. The Labute approximate surface area is 94.3 Å². The van der Waals surface area contributed by atoms with E-state index in [2.05, 4.69) is 15.3 Å². The van der Waals surface area contributed by atoms with Crippen molar-refractivity contribution in [3.63, 3.8) is 0 Å². The molecule has 0 saturated carbocycles.